The standard InChI is InChI=1S/C13H17BrN6/c1-2-3-16-13-17-8-10(14)12(18-13)20-7-6-19-5-4-15-11(19)9-20/h4-5,8H,2-3,6-7,9H2,1H3,(H,16,17,18). The van der Waals surface area contributed by atoms with Crippen LogP contribution >= 0.6 is 15.9 Å². The zero-order valence-corrected chi connectivity index (χ0v) is 13.0. The highest BCUT2D eigenvalue weighted by Gasteiger charge is 2.20. The van der Waals surface area contributed by atoms with Crippen molar-refractivity contribution < 1.29 is 0 Å². The molecule has 0 radical (unpaired) electrons. The number of nitrogens with zero attached hydrogens (tertiary/aromatic N) is 5. The minimum absolute atomic E-state index is 0.680. The van der Waals surface area contributed by atoms with Crippen molar-refractivity contribution in [1.82, 2.24) is 19.5 Å². The first-order valence-corrected chi connectivity index (χ1v) is 7.58. The van der Waals surface area contributed by atoms with E-state index in [2.05, 4.69) is 52.6 Å². The zero-order chi connectivity index (χ0) is 13.9. The molecule has 2 aromatic rings. The van der Waals surface area contributed by atoms with Crippen molar-refractivity contribution in [1.29, 1.82) is 0 Å². The van der Waals surface area contributed by atoms with E-state index in [-0.39, 0.29) is 0 Å². The maximum absolute atomic E-state index is 4.61. The third-order valence-electron chi connectivity index (χ3n) is 3.30. The highest BCUT2D eigenvalue weighted by Crippen LogP contribution is 2.27. The quantitative estimate of drug-likeness (QED) is 0.928. The molecule has 3 rings (SSSR count). The van der Waals surface area contributed by atoms with E-state index in [0.29, 0.717) is 5.95 Å². The first-order chi connectivity index (χ1) is 9.78. The number of imidazole rings is 1. The Bertz CT molecular complexity index is 596. The predicted octanol–water partition coefficient (Wildman–Crippen LogP) is 2.28. The Morgan fingerprint density at radius 2 is 2.25 bits per heavy atom. The molecular weight excluding hydrogens is 320 g/mol. The van der Waals surface area contributed by atoms with Gasteiger partial charge in [-0.2, -0.15) is 4.98 Å². The Hall–Kier alpha value is -1.63. The van der Waals surface area contributed by atoms with Crippen LogP contribution in [-0.4, -0.2) is 32.6 Å². The lowest BCUT2D eigenvalue weighted by Crippen LogP contribution is -2.34. The molecule has 0 saturated heterocycles. The van der Waals surface area contributed by atoms with Gasteiger partial charge in [0.15, 0.2) is 0 Å². The smallest absolute Gasteiger partial charge is 0.224 e. The number of fused-ring (bicyclic) bond motifs is 1. The maximum Gasteiger partial charge on any atom is 0.224 e. The molecule has 0 unspecified atom stereocenters. The molecule has 0 spiro atoms. The Morgan fingerprint density at radius 1 is 1.35 bits per heavy atom. The maximum atomic E-state index is 4.61. The van der Waals surface area contributed by atoms with Crippen molar-refractivity contribution in [3.8, 4) is 0 Å². The summed E-state index contributed by atoms with van der Waals surface area (Å²) in [4.78, 5) is 15.5. The van der Waals surface area contributed by atoms with Gasteiger partial charge in [0.25, 0.3) is 0 Å². The minimum atomic E-state index is 0.680. The average molecular weight is 337 g/mol. The first kappa shape index (κ1) is 13.4. The molecule has 20 heavy (non-hydrogen) atoms. The molecule has 2 aromatic heterocycles. The summed E-state index contributed by atoms with van der Waals surface area (Å²) in [6, 6.07) is 0. The topological polar surface area (TPSA) is 58.9 Å². The molecule has 0 aromatic carbocycles. The molecule has 1 aliphatic rings. The zero-order valence-electron chi connectivity index (χ0n) is 11.4. The summed E-state index contributed by atoms with van der Waals surface area (Å²) in [6.07, 6.45) is 6.73. The molecule has 6 nitrogen and oxygen atoms in total. The Kier molecular flexibility index (Phi) is 3.86. The number of nitrogens with one attached hydrogen (secondary N) is 1. The van der Waals surface area contributed by atoms with Crippen LogP contribution in [0, 0.1) is 0 Å². The fraction of sp³-hybridized carbons (Fsp3) is 0.462. The summed E-state index contributed by atoms with van der Waals surface area (Å²) < 4.78 is 3.10. The molecule has 0 fully saturated rings. The minimum Gasteiger partial charge on any atom is -0.354 e. The molecule has 0 atom stereocenters. The van der Waals surface area contributed by atoms with E-state index in [9.17, 15) is 0 Å². The van der Waals surface area contributed by atoms with Gasteiger partial charge < -0.3 is 14.8 Å². The third-order valence-corrected chi connectivity index (χ3v) is 3.86. The summed E-state index contributed by atoms with van der Waals surface area (Å²) in [5.41, 5.74) is 0. The number of rotatable bonds is 4. The van der Waals surface area contributed by atoms with Crippen molar-refractivity contribution in [3.63, 3.8) is 0 Å². The number of halogens is 1. The summed E-state index contributed by atoms with van der Waals surface area (Å²) >= 11 is 3.54. The monoisotopic (exact) mass is 336 g/mol. The summed E-state index contributed by atoms with van der Waals surface area (Å²) in [7, 11) is 0. The molecule has 3 heterocycles. The molecule has 1 N–H and O–H groups in total. The number of anilines is 2. The third kappa shape index (κ3) is 2.63. The van der Waals surface area contributed by atoms with E-state index in [0.717, 1.165) is 48.7 Å². The first-order valence-electron chi connectivity index (χ1n) is 6.79. The molecule has 0 bridgehead atoms. The summed E-state index contributed by atoms with van der Waals surface area (Å²) in [5.74, 6) is 2.68. The summed E-state index contributed by atoms with van der Waals surface area (Å²) in [5, 5.41) is 3.22. The van der Waals surface area contributed by atoms with E-state index >= 15 is 0 Å². The highest BCUT2D eigenvalue weighted by atomic mass is 79.9. The molecule has 7 heteroatoms. The van der Waals surface area contributed by atoms with Gasteiger partial charge in [0, 0.05) is 38.2 Å². The normalized spacial score (nSPS) is 14.2. The van der Waals surface area contributed by atoms with Crippen molar-refractivity contribution in [3.05, 3.63) is 28.9 Å². The fourth-order valence-corrected chi connectivity index (χ4v) is 2.70. The summed E-state index contributed by atoms with van der Waals surface area (Å²) in [6.45, 7) is 5.63. The van der Waals surface area contributed by atoms with Crippen LogP contribution in [0.2, 0.25) is 0 Å². The van der Waals surface area contributed by atoms with E-state index in [4.69, 9.17) is 0 Å². The van der Waals surface area contributed by atoms with Gasteiger partial charge in [0.2, 0.25) is 5.95 Å². The van der Waals surface area contributed by atoms with Crippen LogP contribution < -0.4 is 10.2 Å². The van der Waals surface area contributed by atoms with Gasteiger partial charge in [-0.1, -0.05) is 6.92 Å². The molecule has 1 aliphatic heterocycles. The lowest BCUT2D eigenvalue weighted by molar-refractivity contribution is 0.555. The van der Waals surface area contributed by atoms with Crippen LogP contribution in [0.1, 0.15) is 19.2 Å². The van der Waals surface area contributed by atoms with E-state index < -0.39 is 0 Å². The van der Waals surface area contributed by atoms with Crippen molar-refractivity contribution in [2.45, 2.75) is 26.4 Å². The molecular formula is C13H17BrN6. The number of hydrogen-bond acceptors (Lipinski definition) is 5. The highest BCUT2D eigenvalue weighted by molar-refractivity contribution is 9.10. The van der Waals surface area contributed by atoms with Crippen LogP contribution in [0.3, 0.4) is 0 Å². The lowest BCUT2D eigenvalue weighted by Gasteiger charge is -2.29. The van der Waals surface area contributed by atoms with Crippen LogP contribution in [-0.2, 0) is 13.1 Å². The number of hydrogen-bond donors (Lipinski definition) is 1. The van der Waals surface area contributed by atoms with Crippen LogP contribution in [0.25, 0.3) is 0 Å². The fourth-order valence-electron chi connectivity index (χ4n) is 2.26. The van der Waals surface area contributed by atoms with Gasteiger partial charge in [0.05, 0.1) is 11.0 Å². The Morgan fingerprint density at radius 3 is 3.10 bits per heavy atom. The molecule has 106 valence electrons. The largest absolute Gasteiger partial charge is 0.354 e. The molecule has 0 saturated carbocycles. The van der Waals surface area contributed by atoms with Gasteiger partial charge in [-0.25, -0.2) is 9.97 Å². The molecule has 0 aliphatic carbocycles. The molecule has 0 amide bonds. The van der Waals surface area contributed by atoms with Gasteiger partial charge >= 0.3 is 0 Å². The van der Waals surface area contributed by atoms with Crippen LogP contribution in [0.15, 0.2) is 23.1 Å². The average Bonchev–Trinajstić information content (AvgIpc) is 2.93. The second-order valence-electron chi connectivity index (χ2n) is 4.75. The number of aromatic nitrogens is 4. The van der Waals surface area contributed by atoms with Crippen molar-refractivity contribution >= 4 is 27.7 Å². The van der Waals surface area contributed by atoms with Crippen LogP contribution in [0.5, 0.6) is 0 Å². The SMILES string of the molecule is CCCNc1ncc(Br)c(N2CCn3ccnc3C2)n1. The van der Waals surface area contributed by atoms with Gasteiger partial charge in [-0.3, -0.25) is 0 Å². The Labute approximate surface area is 126 Å². The van der Waals surface area contributed by atoms with E-state index in [1.165, 1.54) is 0 Å². The van der Waals surface area contributed by atoms with E-state index in [1.807, 2.05) is 12.4 Å². The van der Waals surface area contributed by atoms with E-state index in [1.54, 1.807) is 6.20 Å². The van der Waals surface area contributed by atoms with Gasteiger partial charge in [0.1, 0.15) is 11.6 Å². The lowest BCUT2D eigenvalue weighted by atomic mass is 10.3. The van der Waals surface area contributed by atoms with Gasteiger partial charge in [-0.05, 0) is 22.4 Å². The van der Waals surface area contributed by atoms with Crippen molar-refractivity contribution in [2.75, 3.05) is 23.3 Å². The predicted molar refractivity (Wildman–Crippen MR) is 81.8 cm³/mol. The Balaban J connectivity index is 1.83. The second kappa shape index (κ2) is 5.78. The van der Waals surface area contributed by atoms with Crippen LogP contribution in [0.4, 0.5) is 11.8 Å². The van der Waals surface area contributed by atoms with Crippen molar-refractivity contribution in [2.24, 2.45) is 0 Å². The second-order valence-corrected chi connectivity index (χ2v) is 5.60. The van der Waals surface area contributed by atoms with Gasteiger partial charge in [-0.15, -0.1) is 0 Å².